The molecule has 3 aromatic rings. The molecule has 4 nitrogen and oxygen atoms in total. The Bertz CT molecular complexity index is 1260. The predicted octanol–water partition coefficient (Wildman–Crippen LogP) is 5.01. The van der Waals surface area contributed by atoms with Crippen LogP contribution in [0.15, 0.2) is 91.0 Å². The van der Waals surface area contributed by atoms with Crippen molar-refractivity contribution >= 4 is 34.4 Å². The molecule has 1 aliphatic heterocycles. The van der Waals surface area contributed by atoms with Crippen LogP contribution < -0.4 is 4.90 Å². The van der Waals surface area contributed by atoms with E-state index in [1.807, 2.05) is 92.7 Å². The molecule has 0 radical (unpaired) electrons. The zero-order valence-electron chi connectivity index (χ0n) is 18.5. The molecule has 2 aliphatic carbocycles. The minimum Gasteiger partial charge on any atom is -0.298 e. The smallest absolute Gasteiger partial charge is 0.239 e. The van der Waals surface area contributed by atoms with Crippen molar-refractivity contribution in [1.29, 1.82) is 0 Å². The van der Waals surface area contributed by atoms with E-state index in [9.17, 15) is 14.4 Å². The minimum absolute atomic E-state index is 0.0304. The summed E-state index contributed by atoms with van der Waals surface area (Å²) in [6.07, 6.45) is 0. The number of Topliss-reactive ketones (excluding diaryl/α,β-unsaturated/α-hetero) is 1. The van der Waals surface area contributed by atoms with E-state index in [-0.39, 0.29) is 17.6 Å². The standard InChI is InChI=1S/C29H23NO3/c1-28-21(18-12-6-3-7-13-18)22(19-14-8-4-9-15-19)29(2,27(28)33)24-23(28)25(31)30(26(24)32)20-16-10-5-11-17-20/h3-17,23-24H,1-2H3/t23-,24-,28-,29+/m1/s1. The number of nitrogens with zero attached hydrogens (tertiary/aromatic N) is 1. The van der Waals surface area contributed by atoms with Gasteiger partial charge in [-0.25, -0.2) is 4.90 Å². The molecule has 4 atom stereocenters. The second-order valence-corrected chi connectivity index (χ2v) is 9.52. The summed E-state index contributed by atoms with van der Waals surface area (Å²) in [6.45, 7) is 3.74. The molecule has 3 aromatic carbocycles. The van der Waals surface area contributed by atoms with Crippen LogP contribution in [0.3, 0.4) is 0 Å². The third-order valence-electron chi connectivity index (χ3n) is 7.92. The van der Waals surface area contributed by atoms with Crippen LogP contribution in [0.1, 0.15) is 25.0 Å². The van der Waals surface area contributed by atoms with Crippen LogP contribution >= 0.6 is 0 Å². The van der Waals surface area contributed by atoms with Crippen molar-refractivity contribution in [2.45, 2.75) is 13.8 Å². The normalized spacial score (nSPS) is 30.4. The third-order valence-corrected chi connectivity index (χ3v) is 7.92. The van der Waals surface area contributed by atoms with E-state index >= 15 is 0 Å². The Labute approximate surface area is 192 Å². The number of anilines is 1. The first-order valence-corrected chi connectivity index (χ1v) is 11.3. The summed E-state index contributed by atoms with van der Waals surface area (Å²) in [5.74, 6) is -2.03. The fraction of sp³-hybridized carbons (Fsp3) is 0.207. The highest BCUT2D eigenvalue weighted by Crippen LogP contribution is 2.73. The highest BCUT2D eigenvalue weighted by molar-refractivity contribution is 6.34. The number of carbonyl (C=O) groups excluding carboxylic acids is 3. The van der Waals surface area contributed by atoms with Crippen molar-refractivity contribution in [2.75, 3.05) is 4.90 Å². The van der Waals surface area contributed by atoms with Crippen molar-refractivity contribution in [3.63, 3.8) is 0 Å². The van der Waals surface area contributed by atoms with Gasteiger partial charge in [-0.2, -0.15) is 0 Å². The van der Waals surface area contributed by atoms with Crippen LogP contribution in [-0.2, 0) is 14.4 Å². The SMILES string of the molecule is C[C@]12C(=O)[C@](C)(C(c3ccccc3)=C1c1ccccc1)[C@H]1C(=O)N(c3ccccc3)C(=O)[C@@H]12. The van der Waals surface area contributed by atoms with Gasteiger partial charge < -0.3 is 0 Å². The molecule has 0 aromatic heterocycles. The third kappa shape index (κ3) is 2.28. The summed E-state index contributed by atoms with van der Waals surface area (Å²) in [5.41, 5.74) is 1.99. The summed E-state index contributed by atoms with van der Waals surface area (Å²) < 4.78 is 0. The van der Waals surface area contributed by atoms with Gasteiger partial charge in [0.15, 0.2) is 5.78 Å². The van der Waals surface area contributed by atoms with Gasteiger partial charge in [0, 0.05) is 0 Å². The van der Waals surface area contributed by atoms with Crippen LogP contribution in [0.25, 0.3) is 11.1 Å². The molecular weight excluding hydrogens is 410 g/mol. The number of allylic oxidation sites excluding steroid dienone is 2. The number of rotatable bonds is 3. The fourth-order valence-electron chi connectivity index (χ4n) is 6.64. The summed E-state index contributed by atoms with van der Waals surface area (Å²) >= 11 is 0. The maximum atomic E-state index is 14.2. The van der Waals surface area contributed by atoms with E-state index in [1.165, 1.54) is 4.90 Å². The minimum atomic E-state index is -1.08. The highest BCUT2D eigenvalue weighted by Gasteiger charge is 2.78. The van der Waals surface area contributed by atoms with E-state index in [0.29, 0.717) is 5.69 Å². The van der Waals surface area contributed by atoms with Gasteiger partial charge in [-0.1, -0.05) is 78.9 Å². The molecule has 4 heteroatoms. The second-order valence-electron chi connectivity index (χ2n) is 9.52. The van der Waals surface area contributed by atoms with Crippen LogP contribution in [0, 0.1) is 22.7 Å². The molecule has 3 aliphatic rings. The maximum Gasteiger partial charge on any atom is 0.239 e. The lowest BCUT2D eigenvalue weighted by atomic mass is 9.63. The number of ketones is 1. The average molecular weight is 434 g/mol. The number of hydrogen-bond donors (Lipinski definition) is 0. The Morgan fingerprint density at radius 3 is 1.33 bits per heavy atom. The molecular formula is C29H23NO3. The zero-order chi connectivity index (χ0) is 23.0. The van der Waals surface area contributed by atoms with Crippen LogP contribution in [0.4, 0.5) is 5.69 Å². The largest absolute Gasteiger partial charge is 0.298 e. The second kappa shape index (κ2) is 6.61. The van der Waals surface area contributed by atoms with Gasteiger partial charge in [-0.15, -0.1) is 0 Å². The van der Waals surface area contributed by atoms with Crippen LogP contribution in [0.5, 0.6) is 0 Å². The molecule has 2 amide bonds. The van der Waals surface area contributed by atoms with Crippen molar-refractivity contribution < 1.29 is 14.4 Å². The molecule has 1 saturated heterocycles. The molecule has 33 heavy (non-hydrogen) atoms. The molecule has 2 fully saturated rings. The number of hydrogen-bond acceptors (Lipinski definition) is 3. The molecule has 1 heterocycles. The molecule has 6 rings (SSSR count). The van der Waals surface area contributed by atoms with Gasteiger partial charge in [-0.3, -0.25) is 14.4 Å². The van der Waals surface area contributed by atoms with Crippen LogP contribution in [-0.4, -0.2) is 17.6 Å². The Balaban J connectivity index is 1.64. The number of fused-ring (bicyclic) bond motifs is 5. The Kier molecular flexibility index (Phi) is 3.98. The Morgan fingerprint density at radius 2 is 0.939 bits per heavy atom. The van der Waals surface area contributed by atoms with Gasteiger partial charge in [-0.05, 0) is 48.3 Å². The topological polar surface area (TPSA) is 54.5 Å². The molecule has 1 saturated carbocycles. The first-order valence-electron chi connectivity index (χ1n) is 11.3. The molecule has 0 unspecified atom stereocenters. The van der Waals surface area contributed by atoms with E-state index in [1.54, 1.807) is 12.1 Å². The van der Waals surface area contributed by atoms with Crippen molar-refractivity contribution in [2.24, 2.45) is 22.7 Å². The first kappa shape index (κ1) is 19.9. The van der Waals surface area contributed by atoms with Crippen molar-refractivity contribution in [1.82, 2.24) is 0 Å². The number of imide groups is 1. The fourth-order valence-corrected chi connectivity index (χ4v) is 6.64. The maximum absolute atomic E-state index is 14.2. The average Bonchev–Trinajstić information content (AvgIpc) is 3.30. The summed E-state index contributed by atoms with van der Waals surface area (Å²) in [5, 5.41) is 0. The Hall–Kier alpha value is -3.79. The molecule has 0 N–H and O–H groups in total. The predicted molar refractivity (Wildman–Crippen MR) is 127 cm³/mol. The van der Waals surface area contributed by atoms with E-state index < -0.39 is 22.7 Å². The van der Waals surface area contributed by atoms with Crippen molar-refractivity contribution in [3.05, 3.63) is 102 Å². The lowest BCUT2D eigenvalue weighted by Gasteiger charge is -2.35. The molecule has 0 spiro atoms. The lowest BCUT2D eigenvalue weighted by Crippen LogP contribution is -2.40. The first-order chi connectivity index (χ1) is 15.9. The summed E-state index contributed by atoms with van der Waals surface area (Å²) in [4.78, 5) is 43.1. The molecule has 162 valence electrons. The monoisotopic (exact) mass is 433 g/mol. The molecule has 2 bridgehead atoms. The van der Waals surface area contributed by atoms with Gasteiger partial charge in [0.05, 0.1) is 28.4 Å². The number of benzene rings is 3. The number of amides is 2. The quantitative estimate of drug-likeness (QED) is 0.546. The van der Waals surface area contributed by atoms with Crippen LogP contribution in [0.2, 0.25) is 0 Å². The van der Waals surface area contributed by atoms with Gasteiger partial charge in [0.2, 0.25) is 11.8 Å². The summed E-state index contributed by atoms with van der Waals surface area (Å²) in [6, 6.07) is 28.7. The highest BCUT2D eigenvalue weighted by atomic mass is 16.2. The van der Waals surface area contributed by atoms with Gasteiger partial charge in [0.1, 0.15) is 0 Å². The van der Waals surface area contributed by atoms with E-state index in [4.69, 9.17) is 0 Å². The number of carbonyl (C=O) groups is 3. The van der Waals surface area contributed by atoms with Gasteiger partial charge >= 0.3 is 0 Å². The zero-order valence-corrected chi connectivity index (χ0v) is 18.5. The number of para-hydroxylation sites is 1. The van der Waals surface area contributed by atoms with E-state index in [0.717, 1.165) is 22.3 Å². The lowest BCUT2D eigenvalue weighted by molar-refractivity contribution is -0.133. The van der Waals surface area contributed by atoms with Crippen molar-refractivity contribution in [3.8, 4) is 0 Å². The van der Waals surface area contributed by atoms with E-state index in [2.05, 4.69) is 0 Å². The van der Waals surface area contributed by atoms with Gasteiger partial charge in [0.25, 0.3) is 0 Å². The summed E-state index contributed by atoms with van der Waals surface area (Å²) in [7, 11) is 0. The Morgan fingerprint density at radius 1 is 0.576 bits per heavy atom.